The van der Waals surface area contributed by atoms with Crippen molar-refractivity contribution >= 4 is 39.9 Å². The zero-order chi connectivity index (χ0) is 19.0. The standard InChI is InChI=1S/C21H21N3O2S/c1-12(25)22-10-9-15-18-17-14(13-6-4-5-7-16(13)24-18)8-11-23-19(17)20(26-2)21(15)27-3/h4-8,11,24H,9-10H2,1-3H3,(H,22,25). The van der Waals surface area contributed by atoms with Gasteiger partial charge in [0.1, 0.15) is 5.52 Å². The molecule has 3 aromatic rings. The first-order chi connectivity index (χ1) is 13.2. The Bertz CT molecular complexity index is 1050. The average molecular weight is 379 g/mol. The van der Waals surface area contributed by atoms with Crippen LogP contribution < -0.4 is 15.4 Å². The van der Waals surface area contributed by atoms with E-state index >= 15 is 0 Å². The summed E-state index contributed by atoms with van der Waals surface area (Å²) in [5.74, 6) is 0.768. The van der Waals surface area contributed by atoms with Crippen molar-refractivity contribution in [3.63, 3.8) is 0 Å². The van der Waals surface area contributed by atoms with Crippen LogP contribution in [0.4, 0.5) is 11.4 Å². The van der Waals surface area contributed by atoms with Gasteiger partial charge in [0.15, 0.2) is 5.75 Å². The number of fused-ring (bicyclic) bond motifs is 2. The number of carbonyl (C=O) groups excluding carboxylic acids is 1. The van der Waals surface area contributed by atoms with Crippen molar-refractivity contribution in [2.75, 3.05) is 25.2 Å². The number of hydrogen-bond donors (Lipinski definition) is 2. The van der Waals surface area contributed by atoms with Gasteiger partial charge in [0.2, 0.25) is 5.91 Å². The fourth-order valence-electron chi connectivity index (χ4n) is 3.73. The minimum atomic E-state index is -0.0252. The third-order valence-corrected chi connectivity index (χ3v) is 5.67. The first kappa shape index (κ1) is 17.7. The number of thioether (sulfide) groups is 1. The van der Waals surface area contributed by atoms with Crippen LogP contribution in [0.5, 0.6) is 5.75 Å². The lowest BCUT2D eigenvalue weighted by atomic mass is 9.91. The number of ether oxygens (including phenoxy) is 1. The molecule has 1 aliphatic rings. The van der Waals surface area contributed by atoms with Gasteiger partial charge in [0.25, 0.3) is 0 Å². The number of amides is 1. The summed E-state index contributed by atoms with van der Waals surface area (Å²) in [6.07, 6.45) is 4.59. The minimum absolute atomic E-state index is 0.0252. The summed E-state index contributed by atoms with van der Waals surface area (Å²) in [6, 6.07) is 10.3. The van der Waals surface area contributed by atoms with Crippen LogP contribution >= 0.6 is 11.8 Å². The Kier molecular flexibility index (Phi) is 4.66. The van der Waals surface area contributed by atoms with E-state index in [0.717, 1.165) is 49.6 Å². The fraction of sp³-hybridized carbons (Fsp3) is 0.238. The van der Waals surface area contributed by atoms with Crippen molar-refractivity contribution in [3.8, 4) is 16.9 Å². The van der Waals surface area contributed by atoms with Gasteiger partial charge in [0.05, 0.1) is 17.7 Å². The third-order valence-electron chi connectivity index (χ3n) is 4.83. The molecule has 5 nitrogen and oxygen atoms in total. The van der Waals surface area contributed by atoms with Crippen LogP contribution in [-0.4, -0.2) is 30.8 Å². The first-order valence-electron chi connectivity index (χ1n) is 8.82. The molecule has 0 radical (unpaired) electrons. The molecule has 2 N–H and O–H groups in total. The highest BCUT2D eigenvalue weighted by molar-refractivity contribution is 7.98. The van der Waals surface area contributed by atoms with Crippen LogP contribution in [-0.2, 0) is 11.2 Å². The van der Waals surface area contributed by atoms with E-state index in [1.54, 1.807) is 18.9 Å². The third kappa shape index (κ3) is 2.90. The molecular formula is C21H21N3O2S. The van der Waals surface area contributed by atoms with E-state index in [4.69, 9.17) is 4.74 Å². The van der Waals surface area contributed by atoms with Crippen molar-refractivity contribution in [2.24, 2.45) is 0 Å². The van der Waals surface area contributed by atoms with Crippen molar-refractivity contribution in [3.05, 3.63) is 42.1 Å². The maximum absolute atomic E-state index is 11.3. The molecule has 0 atom stereocenters. The zero-order valence-electron chi connectivity index (χ0n) is 15.6. The largest absolute Gasteiger partial charge is 0.493 e. The fourth-order valence-corrected chi connectivity index (χ4v) is 4.54. The van der Waals surface area contributed by atoms with Gasteiger partial charge >= 0.3 is 0 Å². The summed E-state index contributed by atoms with van der Waals surface area (Å²) in [4.78, 5) is 17.0. The summed E-state index contributed by atoms with van der Waals surface area (Å²) in [6.45, 7) is 2.11. The Morgan fingerprint density at radius 1 is 1.26 bits per heavy atom. The van der Waals surface area contributed by atoms with Gasteiger partial charge < -0.3 is 15.4 Å². The molecule has 2 aromatic carbocycles. The molecule has 1 aromatic heterocycles. The van der Waals surface area contributed by atoms with E-state index in [2.05, 4.69) is 33.8 Å². The smallest absolute Gasteiger partial charge is 0.216 e. The molecule has 0 fully saturated rings. The number of para-hydroxylation sites is 1. The normalized spacial score (nSPS) is 11.7. The number of nitrogens with one attached hydrogen (secondary N) is 2. The van der Waals surface area contributed by atoms with Gasteiger partial charge in [-0.05, 0) is 35.9 Å². The monoisotopic (exact) mass is 379 g/mol. The lowest BCUT2D eigenvalue weighted by molar-refractivity contribution is -0.118. The molecule has 27 heavy (non-hydrogen) atoms. The van der Waals surface area contributed by atoms with E-state index in [1.807, 2.05) is 24.6 Å². The lowest BCUT2D eigenvalue weighted by Crippen LogP contribution is -2.23. The van der Waals surface area contributed by atoms with Crippen LogP contribution in [0.3, 0.4) is 0 Å². The number of benzene rings is 2. The number of rotatable bonds is 5. The van der Waals surface area contributed by atoms with Crippen molar-refractivity contribution in [1.29, 1.82) is 0 Å². The Hall–Kier alpha value is -2.73. The predicted octanol–water partition coefficient (Wildman–Crippen LogP) is 4.37. The number of pyridine rings is 1. The molecule has 1 aliphatic heterocycles. The number of aromatic nitrogens is 1. The van der Waals surface area contributed by atoms with Gasteiger partial charge in [-0.15, -0.1) is 11.8 Å². The van der Waals surface area contributed by atoms with Gasteiger partial charge in [-0.25, -0.2) is 0 Å². The molecule has 4 rings (SSSR count). The highest BCUT2D eigenvalue weighted by atomic mass is 32.2. The SMILES string of the molecule is COc1c(SC)c(CCNC(C)=O)c2c3c(ccnc13)-c1ccccc1N2. The molecule has 6 heteroatoms. The number of methoxy groups -OCH3 is 1. The van der Waals surface area contributed by atoms with Gasteiger partial charge in [-0.2, -0.15) is 0 Å². The molecule has 2 heterocycles. The van der Waals surface area contributed by atoms with Crippen molar-refractivity contribution in [2.45, 2.75) is 18.2 Å². The van der Waals surface area contributed by atoms with Crippen LogP contribution in [0.25, 0.3) is 22.0 Å². The Morgan fingerprint density at radius 2 is 2.07 bits per heavy atom. The van der Waals surface area contributed by atoms with Crippen molar-refractivity contribution < 1.29 is 9.53 Å². The Labute approximate surface area is 162 Å². The summed E-state index contributed by atoms with van der Waals surface area (Å²) in [7, 11) is 1.69. The number of anilines is 2. The lowest BCUT2D eigenvalue weighted by Gasteiger charge is -2.27. The van der Waals surface area contributed by atoms with Crippen LogP contribution in [0.1, 0.15) is 12.5 Å². The number of carbonyl (C=O) groups is 1. The van der Waals surface area contributed by atoms with Gasteiger partial charge in [0, 0.05) is 36.3 Å². The van der Waals surface area contributed by atoms with Crippen LogP contribution in [0.15, 0.2) is 41.4 Å². The topological polar surface area (TPSA) is 63.2 Å². The summed E-state index contributed by atoms with van der Waals surface area (Å²) < 4.78 is 5.79. The average Bonchev–Trinajstić information content (AvgIpc) is 2.68. The minimum Gasteiger partial charge on any atom is -0.493 e. The maximum atomic E-state index is 11.3. The second kappa shape index (κ2) is 7.12. The zero-order valence-corrected chi connectivity index (χ0v) is 16.4. The predicted molar refractivity (Wildman–Crippen MR) is 111 cm³/mol. The summed E-state index contributed by atoms with van der Waals surface area (Å²) in [5, 5.41) is 7.59. The Balaban J connectivity index is 2.01. The second-order valence-electron chi connectivity index (χ2n) is 6.41. The molecule has 0 aliphatic carbocycles. The summed E-state index contributed by atoms with van der Waals surface area (Å²) >= 11 is 1.64. The van der Waals surface area contributed by atoms with Crippen LogP contribution in [0.2, 0.25) is 0 Å². The maximum Gasteiger partial charge on any atom is 0.216 e. The van der Waals surface area contributed by atoms with E-state index < -0.39 is 0 Å². The van der Waals surface area contributed by atoms with Gasteiger partial charge in [-0.3, -0.25) is 9.78 Å². The summed E-state index contributed by atoms with van der Waals surface area (Å²) in [5.41, 5.74) is 6.45. The molecule has 1 amide bonds. The quantitative estimate of drug-likeness (QED) is 0.504. The molecule has 0 spiro atoms. The van der Waals surface area contributed by atoms with E-state index in [-0.39, 0.29) is 5.91 Å². The molecule has 0 unspecified atom stereocenters. The Morgan fingerprint density at radius 3 is 2.81 bits per heavy atom. The molecular weight excluding hydrogens is 358 g/mol. The second-order valence-corrected chi connectivity index (χ2v) is 7.22. The highest BCUT2D eigenvalue weighted by Gasteiger charge is 2.26. The molecule has 0 saturated heterocycles. The van der Waals surface area contributed by atoms with Crippen LogP contribution in [0, 0.1) is 0 Å². The first-order valence-corrected chi connectivity index (χ1v) is 10.0. The highest BCUT2D eigenvalue weighted by Crippen LogP contribution is 2.50. The van der Waals surface area contributed by atoms with Gasteiger partial charge in [-0.1, -0.05) is 18.2 Å². The molecule has 138 valence electrons. The van der Waals surface area contributed by atoms with Crippen molar-refractivity contribution in [1.82, 2.24) is 10.3 Å². The van der Waals surface area contributed by atoms with E-state index in [9.17, 15) is 4.79 Å². The van der Waals surface area contributed by atoms with E-state index in [0.29, 0.717) is 13.0 Å². The number of nitrogens with zero attached hydrogens (tertiary/aromatic N) is 1. The van der Waals surface area contributed by atoms with E-state index in [1.165, 1.54) is 6.92 Å². The number of hydrogen-bond acceptors (Lipinski definition) is 5. The molecule has 0 bridgehead atoms. The molecule has 0 saturated carbocycles.